The van der Waals surface area contributed by atoms with Gasteiger partial charge in [0.2, 0.25) is 0 Å². The zero-order valence-corrected chi connectivity index (χ0v) is 13.7. The van der Waals surface area contributed by atoms with Gasteiger partial charge in [-0.1, -0.05) is 30.2 Å². The number of aromatic nitrogens is 4. The van der Waals surface area contributed by atoms with Crippen molar-refractivity contribution in [2.24, 2.45) is 0 Å². The van der Waals surface area contributed by atoms with E-state index in [0.29, 0.717) is 28.0 Å². The third-order valence-corrected chi connectivity index (χ3v) is 4.18. The standard InChI is InChI=1S/C20H18N4O/c1-12-13(2)23-24-19(12)18(25)9-14-8-16-10-17(22-20(16)21-11-14)15-6-4-3-5-7-15/h3-8,10-11H,9H2,1-2H3,(H,21,22)(H,23,24)/i3D,4D,5D,6D,7D. The van der Waals surface area contributed by atoms with Gasteiger partial charge in [-0.25, -0.2) is 4.98 Å². The number of hydrogen-bond acceptors (Lipinski definition) is 3. The van der Waals surface area contributed by atoms with Crippen molar-refractivity contribution >= 4 is 16.8 Å². The number of benzene rings is 1. The van der Waals surface area contributed by atoms with Crippen LogP contribution in [0.5, 0.6) is 0 Å². The fourth-order valence-corrected chi connectivity index (χ4v) is 2.70. The highest BCUT2D eigenvalue weighted by atomic mass is 16.1. The van der Waals surface area contributed by atoms with Gasteiger partial charge in [-0.2, -0.15) is 5.10 Å². The first-order valence-electron chi connectivity index (χ1n) is 10.3. The van der Waals surface area contributed by atoms with E-state index >= 15 is 0 Å². The number of aromatic amines is 2. The van der Waals surface area contributed by atoms with Gasteiger partial charge in [-0.05, 0) is 37.1 Å². The van der Waals surface area contributed by atoms with Crippen LogP contribution in [0.1, 0.15) is 34.2 Å². The van der Waals surface area contributed by atoms with Crippen LogP contribution in [0.25, 0.3) is 22.3 Å². The molecular weight excluding hydrogens is 312 g/mol. The number of ketones is 1. The fourth-order valence-electron chi connectivity index (χ4n) is 2.70. The fraction of sp³-hybridized carbons (Fsp3) is 0.150. The van der Waals surface area contributed by atoms with Crippen LogP contribution in [0.2, 0.25) is 0 Å². The number of carbonyl (C=O) groups excluding carboxylic acids is 1. The summed E-state index contributed by atoms with van der Waals surface area (Å²) in [5, 5.41) is 7.55. The lowest BCUT2D eigenvalue weighted by molar-refractivity contribution is 0.0987. The number of rotatable bonds is 4. The lowest BCUT2D eigenvalue weighted by Gasteiger charge is -2.00. The highest BCUT2D eigenvalue weighted by Crippen LogP contribution is 2.24. The van der Waals surface area contributed by atoms with E-state index in [4.69, 9.17) is 6.85 Å². The van der Waals surface area contributed by atoms with Gasteiger partial charge in [-0.15, -0.1) is 0 Å². The third-order valence-electron chi connectivity index (χ3n) is 4.18. The minimum absolute atomic E-state index is 0.0826. The summed E-state index contributed by atoms with van der Waals surface area (Å²) in [6.45, 7) is 3.69. The van der Waals surface area contributed by atoms with Gasteiger partial charge in [-0.3, -0.25) is 9.89 Å². The topological polar surface area (TPSA) is 74.4 Å². The van der Waals surface area contributed by atoms with Gasteiger partial charge in [0, 0.05) is 35.0 Å². The molecule has 0 aliphatic rings. The molecule has 3 heterocycles. The summed E-state index contributed by atoms with van der Waals surface area (Å²) in [5.41, 5.74) is 3.72. The number of carbonyl (C=O) groups is 1. The molecule has 25 heavy (non-hydrogen) atoms. The zero-order chi connectivity index (χ0) is 21.7. The quantitative estimate of drug-likeness (QED) is 0.554. The molecule has 0 radical (unpaired) electrons. The van der Waals surface area contributed by atoms with Crippen molar-refractivity contribution in [3.05, 3.63) is 71.1 Å². The first-order chi connectivity index (χ1) is 14.2. The molecule has 0 aliphatic carbocycles. The van der Waals surface area contributed by atoms with Crippen LogP contribution in [0.15, 0.2) is 48.5 Å². The summed E-state index contributed by atoms with van der Waals surface area (Å²) < 4.78 is 39.7. The van der Waals surface area contributed by atoms with E-state index in [1.54, 1.807) is 18.3 Å². The Hall–Kier alpha value is -3.21. The molecule has 0 amide bonds. The van der Waals surface area contributed by atoms with Crippen molar-refractivity contribution in [2.45, 2.75) is 20.3 Å². The summed E-state index contributed by atoms with van der Waals surface area (Å²) in [5.74, 6) is -0.126. The molecule has 0 aliphatic heterocycles. The Kier molecular flexibility index (Phi) is 2.55. The Labute approximate surface area is 152 Å². The molecule has 1 aromatic carbocycles. The predicted molar refractivity (Wildman–Crippen MR) is 97.6 cm³/mol. The van der Waals surface area contributed by atoms with Crippen LogP contribution < -0.4 is 0 Å². The number of Topliss-reactive ketones (excluding diaryl/α,β-unsaturated/α-hetero) is 1. The Balaban J connectivity index is 1.72. The summed E-state index contributed by atoms with van der Waals surface area (Å²) in [7, 11) is 0. The van der Waals surface area contributed by atoms with Crippen molar-refractivity contribution in [1.82, 2.24) is 20.2 Å². The van der Waals surface area contributed by atoms with Gasteiger partial charge in [0.25, 0.3) is 0 Å². The highest BCUT2D eigenvalue weighted by molar-refractivity contribution is 5.97. The van der Waals surface area contributed by atoms with Crippen molar-refractivity contribution in [2.75, 3.05) is 0 Å². The molecule has 3 aromatic heterocycles. The smallest absolute Gasteiger partial charge is 0.187 e. The molecule has 0 spiro atoms. The number of nitrogens with zero attached hydrogens (tertiary/aromatic N) is 2. The van der Waals surface area contributed by atoms with E-state index < -0.39 is 18.1 Å². The lowest BCUT2D eigenvalue weighted by atomic mass is 10.0. The van der Waals surface area contributed by atoms with E-state index in [1.807, 2.05) is 13.8 Å². The van der Waals surface area contributed by atoms with Crippen LogP contribution in [0.3, 0.4) is 0 Å². The Morgan fingerprint density at radius 1 is 1.20 bits per heavy atom. The Bertz CT molecular complexity index is 1300. The molecule has 5 nitrogen and oxygen atoms in total. The number of nitrogens with one attached hydrogen (secondary N) is 2. The Morgan fingerprint density at radius 3 is 2.72 bits per heavy atom. The molecule has 0 saturated heterocycles. The SMILES string of the molecule is [2H]c1c([2H])c([2H])c(-c2cc3cc(CC(=O)c4n[nH]c(C)c4C)cnc3[nH]2)c([2H])c1[2H]. The first kappa shape index (κ1) is 10.6. The largest absolute Gasteiger partial charge is 0.339 e. The van der Waals surface area contributed by atoms with Gasteiger partial charge in [0.1, 0.15) is 11.3 Å². The molecule has 0 atom stereocenters. The molecule has 5 heteroatoms. The molecular formula is C20H18N4O. The molecule has 0 unspecified atom stereocenters. The summed E-state index contributed by atoms with van der Waals surface area (Å²) in [6.07, 6.45) is 1.71. The van der Waals surface area contributed by atoms with Gasteiger partial charge >= 0.3 is 0 Å². The zero-order valence-electron chi connectivity index (χ0n) is 18.7. The molecule has 0 saturated carbocycles. The second-order valence-corrected chi connectivity index (χ2v) is 5.89. The van der Waals surface area contributed by atoms with Gasteiger partial charge < -0.3 is 4.98 Å². The average Bonchev–Trinajstić information content (AvgIpc) is 3.28. The minimum Gasteiger partial charge on any atom is -0.339 e. The maximum absolute atomic E-state index is 12.6. The molecule has 0 bridgehead atoms. The number of pyridine rings is 1. The Morgan fingerprint density at radius 2 is 2.00 bits per heavy atom. The van der Waals surface area contributed by atoms with E-state index in [9.17, 15) is 4.79 Å². The number of H-pyrrole nitrogens is 2. The van der Waals surface area contributed by atoms with Gasteiger partial charge in [0.05, 0.1) is 6.85 Å². The second-order valence-electron chi connectivity index (χ2n) is 5.89. The minimum atomic E-state index is -0.437. The van der Waals surface area contributed by atoms with Crippen LogP contribution >= 0.6 is 0 Å². The van der Waals surface area contributed by atoms with Crippen molar-refractivity contribution in [3.63, 3.8) is 0 Å². The molecule has 4 aromatic rings. The van der Waals surface area contributed by atoms with E-state index in [2.05, 4.69) is 20.2 Å². The summed E-state index contributed by atoms with van der Waals surface area (Å²) in [6, 6.07) is 1.67. The number of aryl methyl sites for hydroxylation is 1. The maximum Gasteiger partial charge on any atom is 0.187 e. The molecule has 4 rings (SSSR count). The average molecular weight is 335 g/mol. The summed E-state index contributed by atoms with van der Waals surface area (Å²) >= 11 is 0. The number of hydrogen-bond donors (Lipinski definition) is 2. The van der Waals surface area contributed by atoms with Crippen molar-refractivity contribution in [3.8, 4) is 11.3 Å². The van der Waals surface area contributed by atoms with Crippen molar-refractivity contribution < 1.29 is 11.6 Å². The van der Waals surface area contributed by atoms with E-state index in [0.717, 1.165) is 11.3 Å². The molecule has 124 valence electrons. The number of fused-ring (bicyclic) bond motifs is 1. The van der Waals surface area contributed by atoms with Crippen LogP contribution in [0.4, 0.5) is 0 Å². The monoisotopic (exact) mass is 335 g/mol. The van der Waals surface area contributed by atoms with Crippen molar-refractivity contribution in [1.29, 1.82) is 0 Å². The van der Waals surface area contributed by atoms with Gasteiger partial charge in [0.15, 0.2) is 5.78 Å². The highest BCUT2D eigenvalue weighted by Gasteiger charge is 2.15. The van der Waals surface area contributed by atoms with E-state index in [1.165, 1.54) is 0 Å². The lowest BCUT2D eigenvalue weighted by Crippen LogP contribution is -2.06. The second kappa shape index (κ2) is 6.02. The molecule has 0 fully saturated rings. The third kappa shape index (κ3) is 2.85. The summed E-state index contributed by atoms with van der Waals surface area (Å²) in [4.78, 5) is 19.9. The van der Waals surface area contributed by atoms with Crippen LogP contribution in [-0.4, -0.2) is 25.9 Å². The normalized spacial score (nSPS) is 13.9. The van der Waals surface area contributed by atoms with Crippen LogP contribution in [-0.2, 0) is 6.42 Å². The first-order valence-corrected chi connectivity index (χ1v) is 7.78. The van der Waals surface area contributed by atoms with E-state index in [-0.39, 0.29) is 29.9 Å². The maximum atomic E-state index is 12.6. The van der Waals surface area contributed by atoms with Crippen LogP contribution in [0, 0.1) is 13.8 Å². The molecule has 2 N–H and O–H groups in total. The predicted octanol–water partition coefficient (Wildman–Crippen LogP) is 4.00.